The summed E-state index contributed by atoms with van der Waals surface area (Å²) in [6.07, 6.45) is -0.532. The first kappa shape index (κ1) is 30.3. The molecule has 2 amide bonds. The maximum atomic E-state index is 14.4. The first-order valence-corrected chi connectivity index (χ1v) is 13.0. The van der Waals surface area contributed by atoms with Crippen molar-refractivity contribution in [3.63, 3.8) is 0 Å². The predicted molar refractivity (Wildman–Crippen MR) is 144 cm³/mol. The lowest BCUT2D eigenvalue weighted by Crippen LogP contribution is -2.48. The number of methoxy groups -OCH3 is 1. The van der Waals surface area contributed by atoms with E-state index < -0.39 is 64.2 Å². The van der Waals surface area contributed by atoms with Gasteiger partial charge in [0, 0.05) is 5.69 Å². The molecule has 1 aliphatic heterocycles. The van der Waals surface area contributed by atoms with Crippen molar-refractivity contribution in [2.75, 3.05) is 24.5 Å². The van der Waals surface area contributed by atoms with E-state index in [1.54, 1.807) is 31.2 Å². The van der Waals surface area contributed by atoms with Crippen molar-refractivity contribution < 1.29 is 45.8 Å². The summed E-state index contributed by atoms with van der Waals surface area (Å²) in [5.74, 6) is -12.9. The fourth-order valence-electron chi connectivity index (χ4n) is 3.62. The molecule has 4 rings (SSSR count). The summed E-state index contributed by atoms with van der Waals surface area (Å²) in [5, 5.41) is 1.66. The average molecular weight is 609 g/mol. The second kappa shape index (κ2) is 12.9. The Morgan fingerprint density at radius 3 is 2.12 bits per heavy atom. The zero-order valence-corrected chi connectivity index (χ0v) is 22.7. The van der Waals surface area contributed by atoms with Crippen LogP contribution in [0.3, 0.4) is 0 Å². The van der Waals surface area contributed by atoms with E-state index in [2.05, 4.69) is 10.3 Å². The number of anilines is 2. The molecule has 0 aliphatic carbocycles. The number of aliphatic imine (C=N–C) groups is 1. The number of halogens is 5. The molecule has 9 nitrogen and oxygen atoms in total. The van der Waals surface area contributed by atoms with Gasteiger partial charge >= 0.3 is 5.97 Å². The Balaban J connectivity index is 1.67. The van der Waals surface area contributed by atoms with Crippen LogP contribution in [0, 0.1) is 29.1 Å². The molecule has 1 aliphatic rings. The number of hydrogen-bond acceptors (Lipinski definition) is 8. The number of esters is 1. The van der Waals surface area contributed by atoms with Crippen LogP contribution >= 0.6 is 11.8 Å². The molecule has 1 unspecified atom stereocenters. The van der Waals surface area contributed by atoms with Gasteiger partial charge in [-0.25, -0.2) is 31.7 Å². The van der Waals surface area contributed by atoms with E-state index in [1.807, 2.05) is 5.43 Å². The molecule has 1 fully saturated rings. The number of amidine groups is 1. The van der Waals surface area contributed by atoms with Crippen molar-refractivity contribution in [2.24, 2.45) is 4.99 Å². The monoisotopic (exact) mass is 608 g/mol. The van der Waals surface area contributed by atoms with Crippen molar-refractivity contribution in [1.82, 2.24) is 5.01 Å². The molecule has 0 spiro atoms. The summed E-state index contributed by atoms with van der Waals surface area (Å²) in [4.78, 5) is 42.4. The number of carbonyl (C=O) groups excluding carboxylic acids is 3. The largest absolute Gasteiger partial charge is 0.497 e. The number of benzene rings is 3. The van der Waals surface area contributed by atoms with Gasteiger partial charge in [-0.2, -0.15) is 5.01 Å². The third-order valence-corrected chi connectivity index (χ3v) is 6.88. The second-order valence-corrected chi connectivity index (χ2v) is 9.65. The van der Waals surface area contributed by atoms with Gasteiger partial charge in [-0.15, -0.1) is 0 Å². The summed E-state index contributed by atoms with van der Waals surface area (Å²) in [6, 6.07) is 11.8. The van der Waals surface area contributed by atoms with Gasteiger partial charge in [-0.3, -0.25) is 15.0 Å². The Morgan fingerprint density at radius 2 is 1.55 bits per heavy atom. The Kier molecular flexibility index (Phi) is 9.30. The minimum atomic E-state index is -2.37. The van der Waals surface area contributed by atoms with E-state index in [1.165, 1.54) is 31.4 Å². The summed E-state index contributed by atoms with van der Waals surface area (Å²) in [5.41, 5.74) is 1.12. The Bertz CT molecular complexity index is 1520. The third kappa shape index (κ3) is 6.46. The molecule has 0 bridgehead atoms. The first-order valence-electron chi connectivity index (χ1n) is 12.1. The molecule has 1 heterocycles. The lowest BCUT2D eigenvalue weighted by atomic mass is 10.2. The topological polar surface area (TPSA) is 109 Å². The molecule has 0 aromatic heterocycles. The van der Waals surface area contributed by atoms with Crippen LogP contribution in [0.25, 0.3) is 0 Å². The number of hydrogen-bond donors (Lipinski definition) is 2. The van der Waals surface area contributed by atoms with E-state index >= 15 is 0 Å². The van der Waals surface area contributed by atoms with E-state index in [0.717, 1.165) is 0 Å². The van der Waals surface area contributed by atoms with Gasteiger partial charge < -0.3 is 14.8 Å². The number of nitrogens with zero attached hydrogens (tertiary/aromatic N) is 2. The molecule has 1 atom stereocenters. The van der Waals surface area contributed by atoms with Crippen LogP contribution < -0.4 is 15.5 Å². The average Bonchev–Trinajstić information content (AvgIpc) is 2.99. The fourth-order valence-corrected chi connectivity index (χ4v) is 4.68. The van der Waals surface area contributed by atoms with Crippen LogP contribution in [0.4, 0.5) is 39.0 Å². The Hall–Kier alpha value is -4.66. The van der Waals surface area contributed by atoms with Gasteiger partial charge in [0.25, 0.3) is 0 Å². The SMILES string of the molecule is CCOC(=O)c1ccc(N=C2SC(C(=O)Nc3ccc(OC)cc3)CC(=O)N2Nc2c(F)c(F)c(F)c(F)c2F)cc1. The number of amides is 2. The van der Waals surface area contributed by atoms with Crippen LogP contribution in [-0.2, 0) is 14.3 Å². The highest BCUT2D eigenvalue weighted by molar-refractivity contribution is 8.15. The van der Waals surface area contributed by atoms with Gasteiger partial charge in [0.1, 0.15) is 16.7 Å². The Morgan fingerprint density at radius 1 is 0.952 bits per heavy atom. The Labute approximate surface area is 239 Å². The van der Waals surface area contributed by atoms with E-state index in [4.69, 9.17) is 9.47 Å². The molecule has 3 aromatic carbocycles. The number of hydrazine groups is 1. The molecule has 15 heteroatoms. The van der Waals surface area contributed by atoms with Crippen LogP contribution in [0.15, 0.2) is 53.5 Å². The smallest absolute Gasteiger partial charge is 0.338 e. The van der Waals surface area contributed by atoms with E-state index in [9.17, 15) is 36.3 Å². The van der Waals surface area contributed by atoms with Crippen molar-refractivity contribution in [3.8, 4) is 5.75 Å². The van der Waals surface area contributed by atoms with E-state index in [0.29, 0.717) is 28.2 Å². The van der Waals surface area contributed by atoms with Gasteiger partial charge in [0.05, 0.1) is 31.4 Å². The lowest BCUT2D eigenvalue weighted by molar-refractivity contribution is -0.128. The molecule has 2 N–H and O–H groups in total. The molecule has 0 saturated carbocycles. The maximum absolute atomic E-state index is 14.4. The molecular weight excluding hydrogens is 587 g/mol. The second-order valence-electron chi connectivity index (χ2n) is 8.48. The molecule has 42 heavy (non-hydrogen) atoms. The highest BCUT2D eigenvalue weighted by Crippen LogP contribution is 2.33. The number of carbonyl (C=O) groups is 3. The quantitative estimate of drug-likeness (QED) is 0.149. The molecule has 0 radical (unpaired) electrons. The predicted octanol–water partition coefficient (Wildman–Crippen LogP) is 5.55. The zero-order valence-electron chi connectivity index (χ0n) is 21.8. The summed E-state index contributed by atoms with van der Waals surface area (Å²) < 4.78 is 80.1. The van der Waals surface area contributed by atoms with Crippen LogP contribution in [0.2, 0.25) is 0 Å². The molecular formula is C27H21F5N4O5S. The number of nitrogens with one attached hydrogen (secondary N) is 2. The molecule has 3 aromatic rings. The summed E-state index contributed by atoms with van der Waals surface area (Å²) in [6.45, 7) is 1.77. The van der Waals surface area contributed by atoms with Crippen molar-refractivity contribution >= 4 is 51.8 Å². The van der Waals surface area contributed by atoms with Gasteiger partial charge in [0.15, 0.2) is 28.4 Å². The first-order chi connectivity index (χ1) is 20.0. The van der Waals surface area contributed by atoms with Gasteiger partial charge in [-0.05, 0) is 55.5 Å². The van der Waals surface area contributed by atoms with E-state index in [-0.39, 0.29) is 23.0 Å². The highest BCUT2D eigenvalue weighted by atomic mass is 32.2. The lowest BCUT2D eigenvalue weighted by Gasteiger charge is -2.32. The normalized spacial score (nSPS) is 15.9. The fraction of sp³-hybridized carbons (Fsp3) is 0.185. The summed E-state index contributed by atoms with van der Waals surface area (Å²) in [7, 11) is 1.47. The maximum Gasteiger partial charge on any atom is 0.338 e. The van der Waals surface area contributed by atoms with Gasteiger partial charge in [-0.1, -0.05) is 11.8 Å². The third-order valence-electron chi connectivity index (χ3n) is 5.73. The van der Waals surface area contributed by atoms with Crippen molar-refractivity contribution in [3.05, 3.63) is 83.2 Å². The number of ether oxygens (including phenoxy) is 2. The number of rotatable bonds is 8. The van der Waals surface area contributed by atoms with Gasteiger partial charge in [0.2, 0.25) is 17.6 Å². The molecule has 220 valence electrons. The number of thioether (sulfide) groups is 1. The minimum Gasteiger partial charge on any atom is -0.497 e. The molecule has 1 saturated heterocycles. The van der Waals surface area contributed by atoms with Crippen LogP contribution in [-0.4, -0.2) is 46.9 Å². The van der Waals surface area contributed by atoms with Crippen LogP contribution in [0.1, 0.15) is 23.7 Å². The summed E-state index contributed by atoms with van der Waals surface area (Å²) >= 11 is 0.692. The van der Waals surface area contributed by atoms with Crippen molar-refractivity contribution in [2.45, 2.75) is 18.6 Å². The van der Waals surface area contributed by atoms with Crippen molar-refractivity contribution in [1.29, 1.82) is 0 Å². The van der Waals surface area contributed by atoms with Crippen LogP contribution in [0.5, 0.6) is 5.75 Å². The zero-order chi connectivity index (χ0) is 30.6. The minimum absolute atomic E-state index is 0.124. The standard InChI is InChI=1S/C27H21F5N4O5S/c1-3-41-26(39)13-4-6-15(7-5-13)34-27-36(35-24-22(31)20(29)19(28)21(30)23(24)32)18(37)12-17(42-27)25(38)33-14-8-10-16(40-2)11-9-14/h4-11,17,35H,3,12H2,1-2H3,(H,33,38). The highest BCUT2D eigenvalue weighted by Gasteiger charge is 2.38.